The lowest BCUT2D eigenvalue weighted by Crippen LogP contribution is -2.61. The molecule has 0 radical (unpaired) electrons. The molecule has 11 N–H and O–H groups in total. The summed E-state index contributed by atoms with van der Waals surface area (Å²) in [6.45, 7) is 0. The van der Waals surface area contributed by atoms with Crippen LogP contribution in [0.2, 0.25) is 0 Å². The summed E-state index contributed by atoms with van der Waals surface area (Å²) in [6.07, 6.45) is 0.340. The number of benzene rings is 2. The van der Waals surface area contributed by atoms with Crippen molar-refractivity contribution in [1.29, 1.82) is 0 Å². The third-order valence-electron chi connectivity index (χ3n) is 3.97. The van der Waals surface area contributed by atoms with Crippen molar-refractivity contribution in [2.24, 2.45) is 17.2 Å². The molecule has 0 spiro atoms. The van der Waals surface area contributed by atoms with Gasteiger partial charge in [-0.1, -0.05) is 0 Å². The van der Waals surface area contributed by atoms with Gasteiger partial charge in [-0.05, 0) is 48.0 Å². The smallest absolute Gasteiger partial charge is 0.209 e. The van der Waals surface area contributed by atoms with E-state index in [1.54, 1.807) is 42.5 Å². The standard InChI is InChI=1S/C17H20N6O/c18-10-1-4-12(5-2-10)23-15-14(17(20,21)22)8-9-7-11(19)3-6-13(9)16(15)24/h1-7,23H,8,18-22H2. The summed E-state index contributed by atoms with van der Waals surface area (Å²) < 4.78 is 0. The SMILES string of the molecule is Nc1ccc(NC2=C(C(N)(N)N)Cc3cc(N)ccc3C2=O)cc1. The van der Waals surface area contributed by atoms with Crippen molar-refractivity contribution in [2.75, 3.05) is 16.8 Å². The first-order valence-corrected chi connectivity index (χ1v) is 7.41. The van der Waals surface area contributed by atoms with E-state index in [-0.39, 0.29) is 11.5 Å². The Balaban J connectivity index is 2.08. The molecule has 0 aromatic heterocycles. The number of Topliss-reactive ketones (excluding diaryl/α,β-unsaturated/α-hetero) is 1. The molecule has 0 amide bonds. The van der Waals surface area contributed by atoms with Gasteiger partial charge in [-0.2, -0.15) is 0 Å². The number of nitrogens with two attached hydrogens (primary N) is 5. The van der Waals surface area contributed by atoms with Gasteiger partial charge in [0.05, 0.1) is 5.70 Å². The summed E-state index contributed by atoms with van der Waals surface area (Å²) in [4.78, 5) is 12.9. The van der Waals surface area contributed by atoms with E-state index < -0.39 is 5.79 Å². The monoisotopic (exact) mass is 324 g/mol. The Hall–Kier alpha value is -2.87. The van der Waals surface area contributed by atoms with Crippen molar-refractivity contribution in [1.82, 2.24) is 0 Å². The molecule has 0 fully saturated rings. The second-order valence-electron chi connectivity index (χ2n) is 5.96. The zero-order valence-corrected chi connectivity index (χ0v) is 13.0. The van der Waals surface area contributed by atoms with Crippen LogP contribution < -0.4 is 34.0 Å². The Morgan fingerprint density at radius 3 is 2.17 bits per heavy atom. The van der Waals surface area contributed by atoms with Crippen LogP contribution in [0.4, 0.5) is 17.1 Å². The van der Waals surface area contributed by atoms with Crippen LogP contribution >= 0.6 is 0 Å². The largest absolute Gasteiger partial charge is 0.399 e. The first-order valence-electron chi connectivity index (χ1n) is 7.41. The highest BCUT2D eigenvalue weighted by Crippen LogP contribution is 2.30. The second kappa shape index (κ2) is 5.64. The van der Waals surface area contributed by atoms with Gasteiger partial charge in [0.15, 0.2) is 0 Å². The second-order valence-corrected chi connectivity index (χ2v) is 5.96. The van der Waals surface area contributed by atoms with Crippen LogP contribution in [0, 0.1) is 0 Å². The fourth-order valence-corrected chi connectivity index (χ4v) is 2.74. The Morgan fingerprint density at radius 2 is 1.54 bits per heavy atom. The maximum Gasteiger partial charge on any atom is 0.209 e. The Morgan fingerprint density at radius 1 is 0.917 bits per heavy atom. The number of carbonyl (C=O) groups is 1. The zero-order chi connectivity index (χ0) is 17.5. The summed E-state index contributed by atoms with van der Waals surface area (Å²) in [5.41, 5.74) is 33.0. The lowest BCUT2D eigenvalue weighted by atomic mass is 9.85. The summed E-state index contributed by atoms with van der Waals surface area (Å²) in [5.74, 6) is -1.86. The molecule has 0 atom stereocenters. The average molecular weight is 324 g/mol. The van der Waals surface area contributed by atoms with Crippen LogP contribution in [0.1, 0.15) is 15.9 Å². The van der Waals surface area contributed by atoms with Crippen LogP contribution in [-0.4, -0.2) is 11.6 Å². The molecule has 0 unspecified atom stereocenters. The van der Waals surface area contributed by atoms with Crippen molar-refractivity contribution in [3.63, 3.8) is 0 Å². The van der Waals surface area contributed by atoms with E-state index in [0.717, 1.165) is 5.56 Å². The van der Waals surface area contributed by atoms with Crippen molar-refractivity contribution < 1.29 is 4.79 Å². The van der Waals surface area contributed by atoms with Crippen LogP contribution in [0.25, 0.3) is 0 Å². The van der Waals surface area contributed by atoms with Crippen molar-refractivity contribution in [3.05, 3.63) is 64.9 Å². The third kappa shape index (κ3) is 2.95. The highest BCUT2D eigenvalue weighted by atomic mass is 16.1. The summed E-state index contributed by atoms with van der Waals surface area (Å²) in [6, 6.07) is 12.1. The lowest BCUT2D eigenvalue weighted by Gasteiger charge is -2.30. The molecule has 124 valence electrons. The number of fused-ring (bicyclic) bond motifs is 1. The highest BCUT2D eigenvalue weighted by Gasteiger charge is 2.33. The fourth-order valence-electron chi connectivity index (χ4n) is 2.74. The molecular weight excluding hydrogens is 304 g/mol. The molecule has 24 heavy (non-hydrogen) atoms. The molecule has 0 heterocycles. The number of anilines is 3. The van der Waals surface area contributed by atoms with E-state index in [9.17, 15) is 4.79 Å². The number of carbonyl (C=O) groups excluding carboxylic acids is 1. The van der Waals surface area contributed by atoms with Crippen molar-refractivity contribution in [2.45, 2.75) is 12.2 Å². The summed E-state index contributed by atoms with van der Waals surface area (Å²) in [7, 11) is 0. The molecule has 7 nitrogen and oxygen atoms in total. The Kier molecular flexibility index (Phi) is 3.76. The number of ketones is 1. The highest BCUT2D eigenvalue weighted by molar-refractivity contribution is 6.13. The Bertz CT molecular complexity index is 833. The minimum absolute atomic E-state index is 0.228. The van der Waals surface area contributed by atoms with Gasteiger partial charge >= 0.3 is 0 Å². The van der Waals surface area contributed by atoms with E-state index >= 15 is 0 Å². The fraction of sp³-hybridized carbons (Fsp3) is 0.118. The van der Waals surface area contributed by atoms with Crippen LogP contribution in [0.15, 0.2) is 53.7 Å². The molecule has 0 aliphatic heterocycles. The van der Waals surface area contributed by atoms with Gasteiger partial charge in [0.1, 0.15) is 5.79 Å². The van der Waals surface area contributed by atoms with E-state index in [2.05, 4.69) is 5.32 Å². The maximum absolute atomic E-state index is 12.9. The van der Waals surface area contributed by atoms with Crippen LogP contribution in [-0.2, 0) is 6.42 Å². The van der Waals surface area contributed by atoms with Gasteiger partial charge in [0.2, 0.25) is 5.78 Å². The van der Waals surface area contributed by atoms with Gasteiger partial charge in [-0.3, -0.25) is 22.0 Å². The molecule has 3 rings (SSSR count). The number of hydrogen-bond donors (Lipinski definition) is 6. The first kappa shape index (κ1) is 16.0. The van der Waals surface area contributed by atoms with Crippen molar-refractivity contribution in [3.8, 4) is 0 Å². The maximum atomic E-state index is 12.9. The molecule has 1 aliphatic rings. The van der Waals surface area contributed by atoms with Gasteiger partial charge in [0, 0.05) is 34.6 Å². The van der Waals surface area contributed by atoms with E-state index in [4.69, 9.17) is 28.7 Å². The normalized spacial score (nSPS) is 14.5. The number of nitrogens with one attached hydrogen (secondary N) is 1. The first-order chi connectivity index (χ1) is 11.3. The zero-order valence-electron chi connectivity index (χ0n) is 13.0. The average Bonchev–Trinajstić information content (AvgIpc) is 2.50. The molecule has 7 heteroatoms. The minimum Gasteiger partial charge on any atom is -0.399 e. The lowest BCUT2D eigenvalue weighted by molar-refractivity contribution is 0.102. The summed E-state index contributed by atoms with van der Waals surface area (Å²) in [5, 5.41) is 3.07. The van der Waals surface area contributed by atoms with Gasteiger partial charge < -0.3 is 16.8 Å². The molecule has 0 saturated heterocycles. The van der Waals surface area contributed by atoms with E-state index in [1.807, 2.05) is 0 Å². The van der Waals surface area contributed by atoms with Crippen LogP contribution in [0.3, 0.4) is 0 Å². The predicted octanol–water partition coefficient (Wildman–Crippen LogP) is 0.486. The number of allylic oxidation sites excluding steroid dienone is 1. The molecule has 0 saturated carbocycles. The number of hydrogen-bond acceptors (Lipinski definition) is 7. The third-order valence-corrected chi connectivity index (χ3v) is 3.97. The predicted molar refractivity (Wildman–Crippen MR) is 95.7 cm³/mol. The molecule has 2 aromatic carbocycles. The Labute approximate surface area is 139 Å². The van der Waals surface area contributed by atoms with Gasteiger partial charge in [-0.25, -0.2) is 0 Å². The molecular formula is C17H20N6O. The van der Waals surface area contributed by atoms with Crippen molar-refractivity contribution >= 4 is 22.8 Å². The number of nitrogen functional groups attached to an aromatic ring is 2. The van der Waals surface area contributed by atoms with Gasteiger partial charge in [0.25, 0.3) is 0 Å². The topological polar surface area (TPSA) is 159 Å². The minimum atomic E-state index is -1.63. The molecule has 0 bridgehead atoms. The summed E-state index contributed by atoms with van der Waals surface area (Å²) >= 11 is 0. The number of rotatable bonds is 3. The van der Waals surface area contributed by atoms with E-state index in [1.165, 1.54) is 0 Å². The van der Waals surface area contributed by atoms with Crippen LogP contribution in [0.5, 0.6) is 0 Å². The molecule has 1 aliphatic carbocycles. The van der Waals surface area contributed by atoms with Gasteiger partial charge in [-0.15, -0.1) is 0 Å². The quantitative estimate of drug-likeness (QED) is 0.354. The molecule has 2 aromatic rings. The van der Waals surface area contributed by atoms with E-state index in [0.29, 0.717) is 34.6 Å².